The molecule has 6 heteroatoms. The van der Waals surface area contributed by atoms with Crippen molar-refractivity contribution in [1.29, 1.82) is 0 Å². The third kappa shape index (κ3) is 3.79. The number of amides is 1. The van der Waals surface area contributed by atoms with E-state index < -0.39 is 5.60 Å². The number of ether oxygens (including phenoxy) is 1. The molecule has 0 atom stereocenters. The highest BCUT2D eigenvalue weighted by Crippen LogP contribution is 2.25. The number of fused-ring (bicyclic) bond motifs is 1. The molecule has 25 heavy (non-hydrogen) atoms. The number of rotatable bonds is 2. The summed E-state index contributed by atoms with van der Waals surface area (Å²) in [6.45, 7) is 6.26. The second-order valence-electron chi connectivity index (χ2n) is 7.05. The molecule has 1 amide bonds. The Bertz CT molecular complexity index is 840. The molecule has 0 saturated heterocycles. The molecule has 0 aliphatic carbocycles. The third-order valence-corrected chi connectivity index (χ3v) is 3.80. The SMILES string of the molecule is CC(C)(C)OC(=O)N1Cc2cnc(C(=O)c3cccc(O)c3)cc2C1. The second-order valence-corrected chi connectivity index (χ2v) is 7.05. The molecule has 1 aromatic carbocycles. The van der Waals surface area contributed by atoms with Crippen LogP contribution in [0.2, 0.25) is 0 Å². The summed E-state index contributed by atoms with van der Waals surface area (Å²) in [5, 5.41) is 9.52. The van der Waals surface area contributed by atoms with Crippen LogP contribution >= 0.6 is 0 Å². The normalized spacial score (nSPS) is 13.5. The molecule has 130 valence electrons. The van der Waals surface area contributed by atoms with Crippen LogP contribution in [0, 0.1) is 0 Å². The highest BCUT2D eigenvalue weighted by Gasteiger charge is 2.28. The van der Waals surface area contributed by atoms with E-state index in [-0.39, 0.29) is 23.3 Å². The van der Waals surface area contributed by atoms with E-state index in [4.69, 9.17) is 4.74 Å². The Morgan fingerprint density at radius 3 is 2.56 bits per heavy atom. The highest BCUT2D eigenvalue weighted by atomic mass is 16.6. The predicted molar refractivity (Wildman–Crippen MR) is 91.3 cm³/mol. The Labute approximate surface area is 146 Å². The van der Waals surface area contributed by atoms with E-state index in [1.807, 2.05) is 20.8 Å². The van der Waals surface area contributed by atoms with Crippen LogP contribution in [0.5, 0.6) is 5.75 Å². The average molecular weight is 340 g/mol. The number of phenolic OH excluding ortho intramolecular Hbond substituents is 1. The zero-order valence-electron chi connectivity index (χ0n) is 14.4. The van der Waals surface area contributed by atoms with Gasteiger partial charge in [-0.15, -0.1) is 0 Å². The van der Waals surface area contributed by atoms with Crippen molar-refractivity contribution in [2.24, 2.45) is 0 Å². The van der Waals surface area contributed by atoms with Gasteiger partial charge in [0, 0.05) is 18.3 Å². The number of pyridine rings is 1. The molecule has 0 spiro atoms. The zero-order valence-corrected chi connectivity index (χ0v) is 14.4. The summed E-state index contributed by atoms with van der Waals surface area (Å²) in [5.41, 5.74) is 1.88. The van der Waals surface area contributed by atoms with Gasteiger partial charge in [0.2, 0.25) is 5.78 Å². The fourth-order valence-electron chi connectivity index (χ4n) is 2.66. The summed E-state index contributed by atoms with van der Waals surface area (Å²) >= 11 is 0. The molecule has 0 fully saturated rings. The summed E-state index contributed by atoms with van der Waals surface area (Å²) in [6.07, 6.45) is 1.24. The van der Waals surface area contributed by atoms with E-state index in [9.17, 15) is 14.7 Å². The van der Waals surface area contributed by atoms with E-state index in [1.165, 1.54) is 12.1 Å². The van der Waals surface area contributed by atoms with Crippen LogP contribution in [0.3, 0.4) is 0 Å². The molecule has 3 rings (SSSR count). The number of carbonyl (C=O) groups is 2. The molecule has 1 N–H and O–H groups in total. The smallest absolute Gasteiger partial charge is 0.410 e. The maximum atomic E-state index is 12.5. The summed E-state index contributed by atoms with van der Waals surface area (Å²) in [4.78, 5) is 30.5. The lowest BCUT2D eigenvalue weighted by Crippen LogP contribution is -2.33. The molecule has 6 nitrogen and oxygen atoms in total. The van der Waals surface area contributed by atoms with E-state index in [0.29, 0.717) is 18.7 Å². The minimum Gasteiger partial charge on any atom is -0.508 e. The third-order valence-electron chi connectivity index (χ3n) is 3.80. The maximum absolute atomic E-state index is 12.5. The summed E-state index contributed by atoms with van der Waals surface area (Å²) in [7, 11) is 0. The van der Waals surface area contributed by atoms with Crippen LogP contribution in [-0.4, -0.2) is 32.5 Å². The van der Waals surface area contributed by atoms with Crippen molar-refractivity contribution in [2.45, 2.75) is 39.5 Å². The van der Waals surface area contributed by atoms with Gasteiger partial charge in [-0.05, 0) is 50.1 Å². The second kappa shape index (κ2) is 6.20. The fourth-order valence-corrected chi connectivity index (χ4v) is 2.66. The number of nitrogens with zero attached hydrogens (tertiary/aromatic N) is 2. The minimum atomic E-state index is -0.555. The maximum Gasteiger partial charge on any atom is 0.410 e. The Hall–Kier alpha value is -2.89. The van der Waals surface area contributed by atoms with Gasteiger partial charge in [0.25, 0.3) is 0 Å². The lowest BCUT2D eigenvalue weighted by atomic mass is 10.0. The van der Waals surface area contributed by atoms with Gasteiger partial charge in [-0.3, -0.25) is 14.7 Å². The largest absolute Gasteiger partial charge is 0.508 e. The Balaban J connectivity index is 1.78. The number of aromatic hydroxyl groups is 1. The van der Waals surface area contributed by atoms with Gasteiger partial charge in [0.1, 0.15) is 17.0 Å². The number of hydrogen-bond acceptors (Lipinski definition) is 5. The quantitative estimate of drug-likeness (QED) is 0.849. The van der Waals surface area contributed by atoms with E-state index in [0.717, 1.165) is 11.1 Å². The van der Waals surface area contributed by atoms with Gasteiger partial charge < -0.3 is 9.84 Å². The fraction of sp³-hybridized carbons (Fsp3) is 0.316. The van der Waals surface area contributed by atoms with Gasteiger partial charge >= 0.3 is 6.09 Å². The summed E-state index contributed by atoms with van der Waals surface area (Å²) in [5.74, 6) is -0.238. The number of aromatic nitrogens is 1. The number of carbonyl (C=O) groups excluding carboxylic acids is 2. The van der Waals surface area contributed by atoms with Crippen molar-refractivity contribution in [1.82, 2.24) is 9.88 Å². The topological polar surface area (TPSA) is 79.7 Å². The van der Waals surface area contributed by atoms with Gasteiger partial charge in [-0.25, -0.2) is 4.79 Å². The molecular formula is C19H20N2O4. The summed E-state index contributed by atoms with van der Waals surface area (Å²) in [6, 6.07) is 7.85. The first-order valence-corrected chi connectivity index (χ1v) is 8.02. The first-order chi connectivity index (χ1) is 11.7. The van der Waals surface area contributed by atoms with Crippen molar-refractivity contribution < 1.29 is 19.4 Å². The van der Waals surface area contributed by atoms with Crippen molar-refractivity contribution in [3.05, 3.63) is 58.9 Å². The molecule has 1 aliphatic rings. The monoisotopic (exact) mass is 340 g/mol. The molecular weight excluding hydrogens is 320 g/mol. The van der Waals surface area contributed by atoms with Crippen LogP contribution in [0.25, 0.3) is 0 Å². The van der Waals surface area contributed by atoms with Crippen LogP contribution in [0.15, 0.2) is 36.5 Å². The highest BCUT2D eigenvalue weighted by molar-refractivity contribution is 6.08. The van der Waals surface area contributed by atoms with E-state index >= 15 is 0 Å². The van der Waals surface area contributed by atoms with E-state index in [2.05, 4.69) is 4.98 Å². The zero-order chi connectivity index (χ0) is 18.2. The molecule has 0 saturated carbocycles. The molecule has 2 heterocycles. The lowest BCUT2D eigenvalue weighted by molar-refractivity contribution is 0.0241. The van der Waals surface area contributed by atoms with Crippen molar-refractivity contribution in [3.8, 4) is 5.75 Å². The van der Waals surface area contributed by atoms with Crippen molar-refractivity contribution >= 4 is 11.9 Å². The summed E-state index contributed by atoms with van der Waals surface area (Å²) < 4.78 is 5.38. The van der Waals surface area contributed by atoms with Crippen LogP contribution < -0.4 is 0 Å². The first kappa shape index (κ1) is 17.0. The Kier molecular flexibility index (Phi) is 4.20. The van der Waals surface area contributed by atoms with Gasteiger partial charge in [-0.2, -0.15) is 0 Å². The van der Waals surface area contributed by atoms with Crippen LogP contribution in [0.1, 0.15) is 48.0 Å². The molecule has 0 unspecified atom stereocenters. The molecule has 1 aromatic heterocycles. The number of hydrogen-bond donors (Lipinski definition) is 1. The van der Waals surface area contributed by atoms with E-state index in [1.54, 1.807) is 29.3 Å². The average Bonchev–Trinajstić information content (AvgIpc) is 2.96. The van der Waals surface area contributed by atoms with Crippen molar-refractivity contribution in [2.75, 3.05) is 0 Å². The number of phenols is 1. The van der Waals surface area contributed by atoms with Crippen LogP contribution in [-0.2, 0) is 17.8 Å². The van der Waals surface area contributed by atoms with Gasteiger partial charge in [0.15, 0.2) is 0 Å². The van der Waals surface area contributed by atoms with Crippen molar-refractivity contribution in [3.63, 3.8) is 0 Å². The molecule has 2 aromatic rings. The number of benzene rings is 1. The Morgan fingerprint density at radius 1 is 1.16 bits per heavy atom. The standard InChI is InChI=1S/C19H20N2O4/c1-19(2,3)25-18(24)21-10-13-8-16(20-9-14(13)11-21)17(23)12-5-4-6-15(22)7-12/h4-9,22H,10-11H2,1-3H3. The molecule has 0 bridgehead atoms. The minimum absolute atomic E-state index is 0.0307. The van der Waals surface area contributed by atoms with Gasteiger partial charge in [-0.1, -0.05) is 12.1 Å². The molecule has 1 aliphatic heterocycles. The predicted octanol–water partition coefficient (Wildman–Crippen LogP) is 3.27. The first-order valence-electron chi connectivity index (χ1n) is 8.02. The Morgan fingerprint density at radius 2 is 1.88 bits per heavy atom. The van der Waals surface area contributed by atoms with Gasteiger partial charge in [0.05, 0.1) is 6.54 Å². The van der Waals surface area contributed by atoms with Crippen LogP contribution in [0.4, 0.5) is 4.79 Å². The lowest BCUT2D eigenvalue weighted by Gasteiger charge is -2.24. The number of ketones is 1. The molecule has 0 radical (unpaired) electrons.